The van der Waals surface area contributed by atoms with E-state index in [2.05, 4.69) is 25.5 Å². The number of carbonyl (C=O) groups excluding carboxylic acids is 1. The molecule has 0 spiro atoms. The highest BCUT2D eigenvalue weighted by Gasteiger charge is 2.17. The monoisotopic (exact) mass is 266 g/mol. The number of aromatic amines is 1. The van der Waals surface area contributed by atoms with Crippen molar-refractivity contribution in [2.24, 2.45) is 0 Å². The fraction of sp³-hybridized carbons (Fsp3) is 0.200. The highest BCUT2D eigenvalue weighted by Crippen LogP contribution is 2.15. The number of nitrogen functional groups attached to an aromatic ring is 1. The Hall–Kier alpha value is -2.15. The summed E-state index contributed by atoms with van der Waals surface area (Å²) in [5.74, 6) is -0.376. The van der Waals surface area contributed by atoms with Gasteiger partial charge in [0.1, 0.15) is 5.15 Å². The molecule has 0 aliphatic rings. The molecule has 4 N–H and O–H groups in total. The van der Waals surface area contributed by atoms with Crippen LogP contribution in [0.25, 0.3) is 0 Å². The van der Waals surface area contributed by atoms with E-state index in [0.29, 0.717) is 17.8 Å². The van der Waals surface area contributed by atoms with Gasteiger partial charge in [0.2, 0.25) is 5.95 Å². The number of hydrogen-bond donors (Lipinski definition) is 3. The highest BCUT2D eigenvalue weighted by atomic mass is 35.5. The summed E-state index contributed by atoms with van der Waals surface area (Å²) in [6, 6.07) is 1.51. The fourth-order valence-corrected chi connectivity index (χ4v) is 1.52. The molecule has 2 aromatic rings. The molecule has 8 heteroatoms. The first-order valence-corrected chi connectivity index (χ1v) is 5.62. The Balaban J connectivity index is 2.19. The number of carbonyl (C=O) groups is 1. The molecule has 0 unspecified atom stereocenters. The first-order valence-electron chi connectivity index (χ1n) is 5.24. The number of hydrogen-bond acceptors (Lipinski definition) is 5. The van der Waals surface area contributed by atoms with E-state index < -0.39 is 5.91 Å². The molecule has 0 aliphatic heterocycles. The summed E-state index contributed by atoms with van der Waals surface area (Å²) in [7, 11) is 0. The minimum Gasteiger partial charge on any atom is -0.395 e. The Morgan fingerprint density at radius 2 is 2.39 bits per heavy atom. The van der Waals surface area contributed by atoms with E-state index in [4.69, 9.17) is 17.3 Å². The number of nitrogens with two attached hydrogens (primary N) is 1. The summed E-state index contributed by atoms with van der Waals surface area (Å²) in [5.41, 5.74) is 6.94. The lowest BCUT2D eigenvalue weighted by molar-refractivity contribution is 0.102. The van der Waals surface area contributed by atoms with E-state index in [9.17, 15) is 4.79 Å². The molecule has 0 saturated heterocycles. The predicted octanol–water partition coefficient (Wildman–Crippen LogP) is 1.25. The number of H-pyrrole nitrogens is 1. The quantitative estimate of drug-likeness (QED) is 0.724. The number of aromatic nitrogens is 4. The van der Waals surface area contributed by atoms with E-state index >= 15 is 0 Å². The Kier molecular flexibility index (Phi) is 3.42. The molecule has 94 valence electrons. The standard InChI is InChI=1S/C10H11ClN6O/c1-2-5-7(12)8(17-16-5)9(18)15-10-13-4-3-6(11)14-10/h3-4H,2,12H2,1H3,(H,16,17)(H,13,14,15,18). The second-order valence-corrected chi connectivity index (χ2v) is 3.86. The third kappa shape index (κ3) is 2.40. The van der Waals surface area contributed by atoms with Gasteiger partial charge in [-0.25, -0.2) is 9.97 Å². The smallest absolute Gasteiger partial charge is 0.280 e. The zero-order chi connectivity index (χ0) is 13.1. The summed E-state index contributed by atoms with van der Waals surface area (Å²) >= 11 is 5.68. The molecular weight excluding hydrogens is 256 g/mol. The summed E-state index contributed by atoms with van der Waals surface area (Å²) in [6.07, 6.45) is 2.11. The summed E-state index contributed by atoms with van der Waals surface area (Å²) in [6.45, 7) is 1.91. The summed E-state index contributed by atoms with van der Waals surface area (Å²) < 4.78 is 0. The third-order valence-corrected chi connectivity index (χ3v) is 2.51. The molecular formula is C10H11ClN6O. The lowest BCUT2D eigenvalue weighted by Crippen LogP contribution is -2.16. The van der Waals surface area contributed by atoms with Crippen LogP contribution in [0.3, 0.4) is 0 Å². The van der Waals surface area contributed by atoms with Crippen molar-refractivity contribution >= 4 is 29.1 Å². The van der Waals surface area contributed by atoms with Gasteiger partial charge in [0.05, 0.1) is 11.4 Å². The van der Waals surface area contributed by atoms with Crippen molar-refractivity contribution in [3.63, 3.8) is 0 Å². The average Bonchev–Trinajstić information content (AvgIpc) is 2.70. The molecule has 0 aliphatic carbocycles. The van der Waals surface area contributed by atoms with Gasteiger partial charge in [-0.2, -0.15) is 5.10 Å². The van der Waals surface area contributed by atoms with Gasteiger partial charge in [0, 0.05) is 6.20 Å². The van der Waals surface area contributed by atoms with Gasteiger partial charge in [-0.1, -0.05) is 18.5 Å². The van der Waals surface area contributed by atoms with E-state index in [1.807, 2.05) is 6.92 Å². The van der Waals surface area contributed by atoms with Crippen LogP contribution in [0.2, 0.25) is 5.15 Å². The minimum atomic E-state index is -0.481. The second kappa shape index (κ2) is 5.01. The molecule has 0 fully saturated rings. The lowest BCUT2D eigenvalue weighted by Gasteiger charge is -2.01. The Morgan fingerprint density at radius 3 is 3.00 bits per heavy atom. The maximum absolute atomic E-state index is 11.9. The van der Waals surface area contributed by atoms with Crippen molar-refractivity contribution in [3.05, 3.63) is 28.8 Å². The second-order valence-electron chi connectivity index (χ2n) is 3.48. The number of amides is 1. The molecule has 7 nitrogen and oxygen atoms in total. The van der Waals surface area contributed by atoms with E-state index in [1.165, 1.54) is 12.3 Å². The molecule has 0 aromatic carbocycles. The van der Waals surface area contributed by atoms with Crippen molar-refractivity contribution in [2.45, 2.75) is 13.3 Å². The van der Waals surface area contributed by atoms with Crippen LogP contribution in [0.1, 0.15) is 23.1 Å². The maximum atomic E-state index is 11.9. The van der Waals surface area contributed by atoms with Crippen LogP contribution in [0, 0.1) is 0 Å². The number of anilines is 2. The molecule has 2 rings (SSSR count). The molecule has 0 atom stereocenters. The largest absolute Gasteiger partial charge is 0.395 e. The first kappa shape index (κ1) is 12.3. The van der Waals surface area contributed by atoms with Gasteiger partial charge >= 0.3 is 0 Å². The van der Waals surface area contributed by atoms with Gasteiger partial charge in [-0.15, -0.1) is 0 Å². The topological polar surface area (TPSA) is 110 Å². The van der Waals surface area contributed by atoms with Crippen LogP contribution in [0.4, 0.5) is 11.6 Å². The van der Waals surface area contributed by atoms with Crippen molar-refractivity contribution in [1.82, 2.24) is 20.2 Å². The summed E-state index contributed by atoms with van der Waals surface area (Å²) in [4.78, 5) is 19.6. The van der Waals surface area contributed by atoms with Crippen molar-refractivity contribution in [3.8, 4) is 0 Å². The number of nitrogens with zero attached hydrogens (tertiary/aromatic N) is 3. The molecule has 0 bridgehead atoms. The molecule has 0 saturated carbocycles. The zero-order valence-corrected chi connectivity index (χ0v) is 10.3. The number of aryl methyl sites for hydroxylation is 1. The van der Waals surface area contributed by atoms with Crippen molar-refractivity contribution in [1.29, 1.82) is 0 Å². The van der Waals surface area contributed by atoms with E-state index in [1.54, 1.807) is 0 Å². The first-order chi connectivity index (χ1) is 8.61. The van der Waals surface area contributed by atoms with Gasteiger partial charge in [-0.05, 0) is 12.5 Å². The fourth-order valence-electron chi connectivity index (χ4n) is 1.39. The van der Waals surface area contributed by atoms with E-state index in [0.717, 1.165) is 0 Å². The highest BCUT2D eigenvalue weighted by molar-refractivity contribution is 6.29. The lowest BCUT2D eigenvalue weighted by atomic mass is 10.2. The van der Waals surface area contributed by atoms with Crippen LogP contribution in [-0.2, 0) is 6.42 Å². The van der Waals surface area contributed by atoms with E-state index in [-0.39, 0.29) is 16.8 Å². The van der Waals surface area contributed by atoms with Crippen LogP contribution in [-0.4, -0.2) is 26.1 Å². The van der Waals surface area contributed by atoms with Gasteiger partial charge in [0.15, 0.2) is 5.69 Å². The van der Waals surface area contributed by atoms with Gasteiger partial charge < -0.3 is 5.73 Å². The molecule has 2 aromatic heterocycles. The number of halogens is 1. The van der Waals surface area contributed by atoms with Crippen molar-refractivity contribution in [2.75, 3.05) is 11.1 Å². The molecule has 0 radical (unpaired) electrons. The van der Waals surface area contributed by atoms with Gasteiger partial charge in [-0.3, -0.25) is 15.2 Å². The normalized spacial score (nSPS) is 10.3. The third-order valence-electron chi connectivity index (χ3n) is 2.30. The Bertz CT molecular complexity index is 581. The van der Waals surface area contributed by atoms with Crippen LogP contribution in [0.5, 0.6) is 0 Å². The average molecular weight is 267 g/mol. The minimum absolute atomic E-state index is 0.105. The van der Waals surface area contributed by atoms with Crippen molar-refractivity contribution < 1.29 is 4.79 Å². The SMILES string of the molecule is CCc1[nH]nc(C(=O)Nc2nccc(Cl)n2)c1N. The molecule has 1 amide bonds. The predicted molar refractivity (Wildman–Crippen MR) is 67.4 cm³/mol. The van der Waals surface area contributed by atoms with Gasteiger partial charge in [0.25, 0.3) is 5.91 Å². The Labute approximate surface area is 108 Å². The molecule has 18 heavy (non-hydrogen) atoms. The number of nitrogens with one attached hydrogen (secondary N) is 2. The Morgan fingerprint density at radius 1 is 1.61 bits per heavy atom. The van der Waals surface area contributed by atoms with Crippen LogP contribution in [0.15, 0.2) is 12.3 Å². The zero-order valence-electron chi connectivity index (χ0n) is 9.57. The molecule has 2 heterocycles. The van der Waals surface area contributed by atoms with Crippen LogP contribution >= 0.6 is 11.6 Å². The summed E-state index contributed by atoms with van der Waals surface area (Å²) in [5, 5.41) is 9.26. The van der Waals surface area contributed by atoms with Crippen LogP contribution < -0.4 is 11.1 Å². The number of rotatable bonds is 3. The maximum Gasteiger partial charge on any atom is 0.280 e.